The van der Waals surface area contributed by atoms with Crippen LogP contribution in [0.3, 0.4) is 0 Å². The van der Waals surface area contributed by atoms with Crippen molar-refractivity contribution in [2.24, 2.45) is 5.73 Å². The lowest BCUT2D eigenvalue weighted by Crippen LogP contribution is -2.17. The highest BCUT2D eigenvalue weighted by atomic mass is 14.6. The van der Waals surface area contributed by atoms with E-state index in [9.17, 15) is 0 Å². The van der Waals surface area contributed by atoms with Crippen LogP contribution in [0.4, 0.5) is 0 Å². The molecule has 1 heteroatoms. The Labute approximate surface area is 57.9 Å². The molecule has 0 aliphatic heterocycles. The van der Waals surface area contributed by atoms with Gasteiger partial charge in [0.25, 0.3) is 0 Å². The van der Waals surface area contributed by atoms with Crippen LogP contribution in [-0.2, 0) is 0 Å². The van der Waals surface area contributed by atoms with Crippen molar-refractivity contribution in [2.45, 2.75) is 39.7 Å². The minimum absolute atomic E-state index is 0.245. The summed E-state index contributed by atoms with van der Waals surface area (Å²) in [5.74, 6) is 0. The quantitative estimate of drug-likeness (QED) is 0.577. The minimum atomic E-state index is 0.245. The van der Waals surface area contributed by atoms with E-state index in [4.69, 9.17) is 5.73 Å². The van der Waals surface area contributed by atoms with Crippen LogP contribution >= 0.6 is 0 Å². The first-order valence-electron chi connectivity index (χ1n) is 3.66. The molecule has 0 spiro atoms. The fourth-order valence-electron chi connectivity index (χ4n) is 0.914. The van der Waals surface area contributed by atoms with E-state index in [0.29, 0.717) is 0 Å². The third-order valence-electron chi connectivity index (χ3n) is 1.46. The normalized spacial score (nSPS) is 15.8. The Morgan fingerprint density at radius 1 is 1.56 bits per heavy atom. The van der Waals surface area contributed by atoms with Gasteiger partial charge in [-0.2, -0.15) is 0 Å². The van der Waals surface area contributed by atoms with Gasteiger partial charge in [0.1, 0.15) is 0 Å². The summed E-state index contributed by atoms with van der Waals surface area (Å²) in [7, 11) is 0. The van der Waals surface area contributed by atoms with Gasteiger partial charge in [0.2, 0.25) is 0 Å². The van der Waals surface area contributed by atoms with Gasteiger partial charge in [0.15, 0.2) is 0 Å². The molecule has 0 aliphatic rings. The van der Waals surface area contributed by atoms with Crippen molar-refractivity contribution in [3.05, 3.63) is 11.6 Å². The van der Waals surface area contributed by atoms with Crippen LogP contribution in [0.1, 0.15) is 33.6 Å². The van der Waals surface area contributed by atoms with E-state index in [1.54, 1.807) is 0 Å². The zero-order valence-corrected chi connectivity index (χ0v) is 6.65. The molecule has 0 radical (unpaired) electrons. The largest absolute Gasteiger partial charge is 0.324 e. The molecule has 0 heterocycles. The Balaban J connectivity index is 3.81. The Kier molecular flexibility index (Phi) is 4.41. The lowest BCUT2D eigenvalue weighted by Gasteiger charge is -2.07. The van der Waals surface area contributed by atoms with Crippen molar-refractivity contribution in [3.8, 4) is 0 Å². The van der Waals surface area contributed by atoms with Gasteiger partial charge in [-0.1, -0.05) is 25.5 Å². The molecule has 0 rings (SSSR count). The van der Waals surface area contributed by atoms with Crippen LogP contribution in [0.5, 0.6) is 0 Å². The van der Waals surface area contributed by atoms with Gasteiger partial charge >= 0.3 is 0 Å². The zero-order chi connectivity index (χ0) is 7.28. The van der Waals surface area contributed by atoms with Crippen molar-refractivity contribution in [1.29, 1.82) is 0 Å². The fraction of sp³-hybridized carbons (Fsp3) is 0.750. The van der Waals surface area contributed by atoms with E-state index >= 15 is 0 Å². The second kappa shape index (κ2) is 4.57. The predicted molar refractivity (Wildman–Crippen MR) is 42.3 cm³/mol. The van der Waals surface area contributed by atoms with E-state index in [1.807, 2.05) is 6.92 Å². The topological polar surface area (TPSA) is 26.0 Å². The van der Waals surface area contributed by atoms with Gasteiger partial charge in [0, 0.05) is 6.04 Å². The summed E-state index contributed by atoms with van der Waals surface area (Å²) >= 11 is 0. The van der Waals surface area contributed by atoms with Crippen LogP contribution in [0.25, 0.3) is 0 Å². The second-order valence-electron chi connectivity index (χ2n) is 2.33. The van der Waals surface area contributed by atoms with Crippen molar-refractivity contribution < 1.29 is 0 Å². The molecule has 0 aliphatic carbocycles. The monoisotopic (exact) mass is 127 g/mol. The first kappa shape index (κ1) is 8.70. The summed E-state index contributed by atoms with van der Waals surface area (Å²) in [5.41, 5.74) is 7.04. The second-order valence-corrected chi connectivity index (χ2v) is 2.33. The summed E-state index contributed by atoms with van der Waals surface area (Å²) in [5, 5.41) is 0. The van der Waals surface area contributed by atoms with E-state index in [2.05, 4.69) is 19.9 Å². The Hall–Kier alpha value is -0.300. The van der Waals surface area contributed by atoms with Gasteiger partial charge < -0.3 is 5.73 Å². The van der Waals surface area contributed by atoms with Gasteiger partial charge in [-0.3, -0.25) is 0 Å². The molecule has 54 valence electrons. The van der Waals surface area contributed by atoms with Crippen molar-refractivity contribution in [1.82, 2.24) is 0 Å². The maximum atomic E-state index is 5.66. The molecule has 0 saturated carbocycles. The van der Waals surface area contributed by atoms with Crippen LogP contribution in [-0.4, -0.2) is 6.04 Å². The average molecular weight is 127 g/mol. The molecular formula is C8H17N. The Morgan fingerprint density at radius 3 is 2.22 bits per heavy atom. The molecule has 9 heavy (non-hydrogen) atoms. The predicted octanol–water partition coefficient (Wildman–Crippen LogP) is 2.08. The summed E-state index contributed by atoms with van der Waals surface area (Å²) in [6, 6.07) is 0.245. The van der Waals surface area contributed by atoms with Gasteiger partial charge in [-0.15, -0.1) is 0 Å². The lowest BCUT2D eigenvalue weighted by molar-refractivity contribution is 0.805. The first-order chi connectivity index (χ1) is 4.22. The van der Waals surface area contributed by atoms with E-state index in [-0.39, 0.29) is 6.04 Å². The van der Waals surface area contributed by atoms with E-state index in [1.165, 1.54) is 5.57 Å². The molecule has 0 aromatic carbocycles. The molecule has 1 unspecified atom stereocenters. The van der Waals surface area contributed by atoms with Crippen molar-refractivity contribution in [2.75, 3.05) is 0 Å². The number of hydrogen-bond acceptors (Lipinski definition) is 1. The van der Waals surface area contributed by atoms with Crippen LogP contribution < -0.4 is 5.73 Å². The maximum absolute atomic E-state index is 5.66. The van der Waals surface area contributed by atoms with Gasteiger partial charge in [0.05, 0.1) is 0 Å². The van der Waals surface area contributed by atoms with Crippen LogP contribution in [0.15, 0.2) is 11.6 Å². The summed E-state index contributed by atoms with van der Waals surface area (Å²) in [6.45, 7) is 6.31. The average Bonchev–Trinajstić information content (AvgIpc) is 1.82. The first-order valence-corrected chi connectivity index (χ1v) is 3.66. The molecule has 0 aromatic rings. The Morgan fingerprint density at radius 2 is 2.11 bits per heavy atom. The molecule has 0 amide bonds. The lowest BCUT2D eigenvalue weighted by atomic mass is 10.1. The van der Waals surface area contributed by atoms with Crippen molar-refractivity contribution >= 4 is 0 Å². The standard InChI is InChI=1S/C8H17N/c1-4-6-8(5-2)7(3)9/h6-7H,4-5,9H2,1-3H3/b8-6-. The van der Waals surface area contributed by atoms with E-state index in [0.717, 1.165) is 12.8 Å². The van der Waals surface area contributed by atoms with Crippen molar-refractivity contribution in [3.63, 3.8) is 0 Å². The molecule has 1 atom stereocenters. The smallest absolute Gasteiger partial charge is 0.0224 e. The summed E-state index contributed by atoms with van der Waals surface area (Å²) in [6.07, 6.45) is 4.40. The maximum Gasteiger partial charge on any atom is 0.0224 e. The third kappa shape index (κ3) is 3.31. The number of allylic oxidation sites excluding steroid dienone is 1. The summed E-state index contributed by atoms with van der Waals surface area (Å²) in [4.78, 5) is 0. The van der Waals surface area contributed by atoms with Gasteiger partial charge in [-0.05, 0) is 19.8 Å². The molecule has 0 saturated heterocycles. The zero-order valence-electron chi connectivity index (χ0n) is 6.65. The third-order valence-corrected chi connectivity index (χ3v) is 1.46. The molecular weight excluding hydrogens is 110 g/mol. The highest BCUT2D eigenvalue weighted by molar-refractivity contribution is 5.07. The highest BCUT2D eigenvalue weighted by Crippen LogP contribution is 2.04. The highest BCUT2D eigenvalue weighted by Gasteiger charge is 1.97. The molecule has 0 bridgehead atoms. The SMILES string of the molecule is CC/C=C(/CC)C(C)N. The van der Waals surface area contributed by atoms with Crippen LogP contribution in [0.2, 0.25) is 0 Å². The van der Waals surface area contributed by atoms with Gasteiger partial charge in [-0.25, -0.2) is 0 Å². The summed E-state index contributed by atoms with van der Waals surface area (Å²) < 4.78 is 0. The Bertz CT molecular complexity index is 92.7. The molecule has 0 aromatic heterocycles. The fourth-order valence-corrected chi connectivity index (χ4v) is 0.914. The van der Waals surface area contributed by atoms with E-state index < -0.39 is 0 Å². The molecule has 0 fully saturated rings. The molecule has 2 N–H and O–H groups in total. The minimum Gasteiger partial charge on any atom is -0.324 e. The number of nitrogens with two attached hydrogens (primary N) is 1. The molecule has 1 nitrogen and oxygen atoms in total. The number of rotatable bonds is 3. The number of hydrogen-bond donors (Lipinski definition) is 1. The van der Waals surface area contributed by atoms with Crippen LogP contribution in [0, 0.1) is 0 Å².